The second kappa shape index (κ2) is 6.51. The Labute approximate surface area is 121 Å². The van der Waals surface area contributed by atoms with Crippen LogP contribution >= 0.6 is 15.9 Å². The lowest BCUT2D eigenvalue weighted by Crippen LogP contribution is -2.22. The summed E-state index contributed by atoms with van der Waals surface area (Å²) in [6.45, 7) is 1.80. The molecule has 1 aromatic carbocycles. The highest BCUT2D eigenvalue weighted by atomic mass is 79.9. The van der Waals surface area contributed by atoms with E-state index in [4.69, 9.17) is 0 Å². The van der Waals surface area contributed by atoms with Crippen molar-refractivity contribution in [3.8, 4) is 0 Å². The molecule has 0 saturated heterocycles. The standard InChI is InChI=1S/C15H19BrFNO/c1-10-8-13(17)12(16)9-14(10)18-15(19)11-6-4-2-3-5-7-11/h8-9,11H,2-7H2,1H3,(H,18,19). The van der Waals surface area contributed by atoms with E-state index in [0.29, 0.717) is 10.2 Å². The van der Waals surface area contributed by atoms with Gasteiger partial charge in [-0.15, -0.1) is 0 Å². The number of hydrogen-bond donors (Lipinski definition) is 1. The summed E-state index contributed by atoms with van der Waals surface area (Å²) in [6.07, 6.45) is 6.64. The van der Waals surface area contributed by atoms with Gasteiger partial charge in [0.25, 0.3) is 0 Å². The summed E-state index contributed by atoms with van der Waals surface area (Å²) in [5, 5.41) is 2.94. The van der Waals surface area contributed by atoms with E-state index >= 15 is 0 Å². The maximum atomic E-state index is 13.3. The average Bonchev–Trinajstić information content (AvgIpc) is 2.64. The molecular weight excluding hydrogens is 309 g/mol. The summed E-state index contributed by atoms with van der Waals surface area (Å²) in [6, 6.07) is 3.08. The molecular formula is C15H19BrFNO. The fourth-order valence-corrected chi connectivity index (χ4v) is 2.90. The number of hydrogen-bond acceptors (Lipinski definition) is 1. The second-order valence-electron chi connectivity index (χ2n) is 5.26. The molecule has 1 amide bonds. The lowest BCUT2D eigenvalue weighted by Gasteiger charge is -2.16. The molecule has 0 spiro atoms. The highest BCUT2D eigenvalue weighted by Crippen LogP contribution is 2.27. The summed E-state index contributed by atoms with van der Waals surface area (Å²) in [5.41, 5.74) is 1.45. The van der Waals surface area contributed by atoms with E-state index in [-0.39, 0.29) is 17.6 Å². The zero-order valence-electron chi connectivity index (χ0n) is 11.1. The normalized spacial score (nSPS) is 17.0. The SMILES string of the molecule is Cc1cc(F)c(Br)cc1NC(=O)C1CCCCCC1. The summed E-state index contributed by atoms with van der Waals surface area (Å²) < 4.78 is 13.7. The molecule has 0 atom stereocenters. The quantitative estimate of drug-likeness (QED) is 0.776. The molecule has 1 saturated carbocycles. The molecule has 4 heteroatoms. The Hall–Kier alpha value is -0.900. The van der Waals surface area contributed by atoms with Gasteiger partial charge in [0.2, 0.25) is 5.91 Å². The van der Waals surface area contributed by atoms with Crippen molar-refractivity contribution in [3.05, 3.63) is 28.0 Å². The summed E-state index contributed by atoms with van der Waals surface area (Å²) in [5.74, 6) is -0.126. The van der Waals surface area contributed by atoms with Gasteiger partial charge in [-0.1, -0.05) is 25.7 Å². The van der Waals surface area contributed by atoms with Crippen LogP contribution in [0.2, 0.25) is 0 Å². The number of nitrogens with one attached hydrogen (secondary N) is 1. The van der Waals surface area contributed by atoms with Gasteiger partial charge in [0, 0.05) is 11.6 Å². The van der Waals surface area contributed by atoms with E-state index in [1.165, 1.54) is 18.9 Å². The third-order valence-electron chi connectivity index (χ3n) is 3.75. The van der Waals surface area contributed by atoms with E-state index in [1.54, 1.807) is 13.0 Å². The summed E-state index contributed by atoms with van der Waals surface area (Å²) in [7, 11) is 0. The van der Waals surface area contributed by atoms with Crippen LogP contribution in [0.1, 0.15) is 44.1 Å². The van der Waals surface area contributed by atoms with Gasteiger partial charge in [-0.3, -0.25) is 4.79 Å². The Balaban J connectivity index is 2.07. The third-order valence-corrected chi connectivity index (χ3v) is 4.36. The van der Waals surface area contributed by atoms with Gasteiger partial charge in [0.05, 0.1) is 4.47 Å². The van der Waals surface area contributed by atoms with Crippen LogP contribution in [0.5, 0.6) is 0 Å². The highest BCUT2D eigenvalue weighted by Gasteiger charge is 2.20. The number of aryl methyl sites for hydroxylation is 1. The Morgan fingerprint density at radius 1 is 1.26 bits per heavy atom. The van der Waals surface area contributed by atoms with Crippen LogP contribution in [-0.4, -0.2) is 5.91 Å². The number of carbonyl (C=O) groups is 1. The first-order valence-electron chi connectivity index (χ1n) is 6.84. The van der Waals surface area contributed by atoms with Gasteiger partial charge in [-0.25, -0.2) is 4.39 Å². The van der Waals surface area contributed by atoms with Gasteiger partial charge < -0.3 is 5.32 Å². The number of halogens is 2. The number of rotatable bonds is 2. The zero-order chi connectivity index (χ0) is 13.8. The lowest BCUT2D eigenvalue weighted by molar-refractivity contribution is -0.120. The van der Waals surface area contributed by atoms with Crippen molar-refractivity contribution in [2.24, 2.45) is 5.92 Å². The molecule has 2 nitrogen and oxygen atoms in total. The van der Waals surface area contributed by atoms with E-state index in [0.717, 1.165) is 31.2 Å². The average molecular weight is 328 g/mol. The Morgan fingerprint density at radius 3 is 2.53 bits per heavy atom. The first-order valence-corrected chi connectivity index (χ1v) is 7.63. The second-order valence-corrected chi connectivity index (χ2v) is 6.11. The predicted octanol–water partition coefficient (Wildman–Crippen LogP) is 4.81. The van der Waals surface area contributed by atoms with Crippen LogP contribution in [0.3, 0.4) is 0 Å². The van der Waals surface area contributed by atoms with E-state index in [9.17, 15) is 9.18 Å². The molecule has 0 aromatic heterocycles. The molecule has 0 heterocycles. The number of carbonyl (C=O) groups excluding carboxylic acids is 1. The van der Waals surface area contributed by atoms with Crippen LogP contribution in [0.4, 0.5) is 10.1 Å². The number of amides is 1. The largest absolute Gasteiger partial charge is 0.326 e. The van der Waals surface area contributed by atoms with E-state index in [2.05, 4.69) is 21.2 Å². The van der Waals surface area contributed by atoms with Crippen LogP contribution < -0.4 is 5.32 Å². The monoisotopic (exact) mass is 327 g/mol. The molecule has 0 bridgehead atoms. The first kappa shape index (κ1) is 14.5. The minimum absolute atomic E-state index is 0.0727. The van der Waals surface area contributed by atoms with E-state index in [1.807, 2.05) is 0 Å². The van der Waals surface area contributed by atoms with Crippen molar-refractivity contribution in [1.82, 2.24) is 0 Å². The van der Waals surface area contributed by atoms with Crippen molar-refractivity contribution in [2.45, 2.75) is 45.4 Å². The smallest absolute Gasteiger partial charge is 0.227 e. The maximum Gasteiger partial charge on any atom is 0.227 e. The molecule has 0 unspecified atom stereocenters. The Bertz CT molecular complexity index is 467. The van der Waals surface area contributed by atoms with Crippen LogP contribution in [0, 0.1) is 18.7 Å². The molecule has 104 valence electrons. The number of anilines is 1. The number of benzene rings is 1. The lowest BCUT2D eigenvalue weighted by atomic mass is 9.99. The fraction of sp³-hybridized carbons (Fsp3) is 0.533. The van der Waals surface area contributed by atoms with Crippen LogP contribution in [0.15, 0.2) is 16.6 Å². The fourth-order valence-electron chi connectivity index (χ4n) is 2.56. The Morgan fingerprint density at radius 2 is 1.89 bits per heavy atom. The Kier molecular flexibility index (Phi) is 4.97. The first-order chi connectivity index (χ1) is 9.08. The molecule has 2 rings (SSSR count). The zero-order valence-corrected chi connectivity index (χ0v) is 12.7. The minimum atomic E-state index is -0.301. The van der Waals surface area contributed by atoms with Gasteiger partial charge in [-0.2, -0.15) is 0 Å². The van der Waals surface area contributed by atoms with Crippen molar-refractivity contribution in [3.63, 3.8) is 0 Å². The van der Waals surface area contributed by atoms with Gasteiger partial charge in [0.15, 0.2) is 0 Å². The van der Waals surface area contributed by atoms with Crippen LogP contribution in [-0.2, 0) is 4.79 Å². The van der Waals surface area contributed by atoms with Crippen molar-refractivity contribution < 1.29 is 9.18 Å². The molecule has 1 aliphatic rings. The molecule has 1 N–H and O–H groups in total. The van der Waals surface area contributed by atoms with Gasteiger partial charge in [0.1, 0.15) is 5.82 Å². The third kappa shape index (κ3) is 3.78. The molecule has 0 radical (unpaired) electrons. The summed E-state index contributed by atoms with van der Waals surface area (Å²) >= 11 is 3.15. The maximum absolute atomic E-state index is 13.3. The molecule has 0 aliphatic heterocycles. The van der Waals surface area contributed by atoms with Gasteiger partial charge in [-0.05, 0) is 53.4 Å². The van der Waals surface area contributed by atoms with Crippen molar-refractivity contribution >= 4 is 27.5 Å². The van der Waals surface area contributed by atoms with Crippen molar-refractivity contribution in [1.29, 1.82) is 0 Å². The minimum Gasteiger partial charge on any atom is -0.326 e. The topological polar surface area (TPSA) is 29.1 Å². The van der Waals surface area contributed by atoms with E-state index < -0.39 is 0 Å². The van der Waals surface area contributed by atoms with Crippen LogP contribution in [0.25, 0.3) is 0 Å². The molecule has 1 aliphatic carbocycles. The highest BCUT2D eigenvalue weighted by molar-refractivity contribution is 9.10. The molecule has 1 aromatic rings. The summed E-state index contributed by atoms with van der Waals surface area (Å²) in [4.78, 5) is 12.2. The van der Waals surface area contributed by atoms with Gasteiger partial charge >= 0.3 is 0 Å². The molecule has 1 fully saturated rings. The van der Waals surface area contributed by atoms with Crippen molar-refractivity contribution in [2.75, 3.05) is 5.32 Å². The molecule has 19 heavy (non-hydrogen) atoms. The predicted molar refractivity (Wildman–Crippen MR) is 78.7 cm³/mol.